The fraction of sp³-hybridized carbons (Fsp3) is 0.308. The number of carbonyl (C=O) groups excluding carboxylic acids is 3. The first-order chi connectivity index (χ1) is 9.08. The second-order valence-electron chi connectivity index (χ2n) is 4.05. The van der Waals surface area contributed by atoms with Gasteiger partial charge >= 0.3 is 0 Å². The molecule has 0 aromatic heterocycles. The van der Waals surface area contributed by atoms with Crippen LogP contribution in [0.5, 0.6) is 0 Å². The van der Waals surface area contributed by atoms with Crippen LogP contribution < -0.4 is 16.6 Å². The van der Waals surface area contributed by atoms with E-state index in [2.05, 4.69) is 10.9 Å². The minimum Gasteiger partial charge on any atom is -0.370 e. The number of rotatable bonds is 6. The summed E-state index contributed by atoms with van der Waals surface area (Å²) in [6.45, 7) is 0. The molecular weight excluding hydrogens is 246 g/mol. The molecule has 1 aromatic rings. The Morgan fingerprint density at radius 3 is 2.05 bits per heavy atom. The van der Waals surface area contributed by atoms with Crippen molar-refractivity contribution in [1.82, 2.24) is 10.9 Å². The minimum absolute atomic E-state index is 0.0334. The first-order valence-corrected chi connectivity index (χ1v) is 5.98. The zero-order valence-corrected chi connectivity index (χ0v) is 10.5. The van der Waals surface area contributed by atoms with Gasteiger partial charge in [0.2, 0.25) is 17.7 Å². The normalized spacial score (nSPS) is 9.68. The van der Waals surface area contributed by atoms with Gasteiger partial charge in [0, 0.05) is 19.3 Å². The molecule has 0 aliphatic carbocycles. The van der Waals surface area contributed by atoms with Crippen LogP contribution >= 0.6 is 0 Å². The van der Waals surface area contributed by atoms with Crippen LogP contribution in [-0.4, -0.2) is 17.7 Å². The van der Waals surface area contributed by atoms with Crippen LogP contribution in [0.25, 0.3) is 0 Å². The van der Waals surface area contributed by atoms with Gasteiger partial charge in [0.15, 0.2) is 0 Å². The number of hydrogen-bond acceptors (Lipinski definition) is 3. The molecule has 0 saturated carbocycles. The maximum absolute atomic E-state index is 11.4. The Labute approximate surface area is 111 Å². The van der Waals surface area contributed by atoms with Gasteiger partial charge in [-0.1, -0.05) is 30.3 Å². The summed E-state index contributed by atoms with van der Waals surface area (Å²) < 4.78 is 0. The second kappa shape index (κ2) is 7.86. The smallest absolute Gasteiger partial charge is 0.238 e. The number of hydrazine groups is 1. The number of nitrogens with one attached hydrogen (secondary N) is 2. The van der Waals surface area contributed by atoms with Gasteiger partial charge in [-0.05, 0) is 12.0 Å². The highest BCUT2D eigenvalue weighted by Crippen LogP contribution is 2.01. The number of amides is 3. The average Bonchev–Trinajstić information content (AvgIpc) is 2.41. The Balaban J connectivity index is 2.17. The maximum Gasteiger partial charge on any atom is 0.238 e. The van der Waals surface area contributed by atoms with Gasteiger partial charge in [0.05, 0.1) is 0 Å². The summed E-state index contributed by atoms with van der Waals surface area (Å²) in [4.78, 5) is 33.1. The molecule has 102 valence electrons. The lowest BCUT2D eigenvalue weighted by Crippen LogP contribution is -2.41. The molecule has 0 aliphatic heterocycles. The molecule has 4 N–H and O–H groups in total. The average molecular weight is 263 g/mol. The highest BCUT2D eigenvalue weighted by atomic mass is 16.2. The van der Waals surface area contributed by atoms with Crippen molar-refractivity contribution in [2.24, 2.45) is 5.73 Å². The van der Waals surface area contributed by atoms with Crippen molar-refractivity contribution in [2.75, 3.05) is 0 Å². The Kier molecular flexibility index (Phi) is 6.08. The predicted octanol–water partition coefficient (Wildman–Crippen LogP) is 0.0321. The summed E-state index contributed by atoms with van der Waals surface area (Å²) in [5, 5.41) is 0. The second-order valence-corrected chi connectivity index (χ2v) is 4.05. The molecule has 6 heteroatoms. The van der Waals surface area contributed by atoms with Gasteiger partial charge in [-0.25, -0.2) is 0 Å². The van der Waals surface area contributed by atoms with Crippen LogP contribution in [0.4, 0.5) is 0 Å². The highest BCUT2D eigenvalue weighted by molar-refractivity contribution is 5.85. The first kappa shape index (κ1) is 14.7. The van der Waals surface area contributed by atoms with Gasteiger partial charge in [-0.15, -0.1) is 0 Å². The van der Waals surface area contributed by atoms with E-state index in [1.165, 1.54) is 0 Å². The first-order valence-electron chi connectivity index (χ1n) is 5.98. The molecule has 0 saturated heterocycles. The van der Waals surface area contributed by atoms with Gasteiger partial charge < -0.3 is 5.73 Å². The van der Waals surface area contributed by atoms with Gasteiger partial charge in [0.25, 0.3) is 0 Å². The monoisotopic (exact) mass is 263 g/mol. The predicted molar refractivity (Wildman–Crippen MR) is 69.5 cm³/mol. The molecule has 6 nitrogen and oxygen atoms in total. The fourth-order valence-electron chi connectivity index (χ4n) is 1.40. The lowest BCUT2D eigenvalue weighted by Gasteiger charge is -2.06. The van der Waals surface area contributed by atoms with E-state index in [1.54, 1.807) is 0 Å². The number of aryl methyl sites for hydroxylation is 1. The van der Waals surface area contributed by atoms with Crippen LogP contribution in [0.3, 0.4) is 0 Å². The number of primary amides is 1. The minimum atomic E-state index is -0.550. The van der Waals surface area contributed by atoms with E-state index in [-0.39, 0.29) is 25.2 Å². The summed E-state index contributed by atoms with van der Waals surface area (Å²) in [5.41, 5.74) is 10.5. The molecule has 0 spiro atoms. The Morgan fingerprint density at radius 2 is 1.47 bits per heavy atom. The van der Waals surface area contributed by atoms with Gasteiger partial charge in [0.1, 0.15) is 0 Å². The van der Waals surface area contributed by atoms with Crippen LogP contribution in [-0.2, 0) is 20.8 Å². The van der Waals surface area contributed by atoms with E-state index in [0.29, 0.717) is 6.42 Å². The molecule has 0 aliphatic rings. The Bertz CT molecular complexity index is 446. The maximum atomic E-state index is 11.4. The number of benzene rings is 1. The summed E-state index contributed by atoms with van der Waals surface area (Å²) in [6, 6.07) is 9.57. The molecule has 0 unspecified atom stereocenters. The Morgan fingerprint density at radius 1 is 0.895 bits per heavy atom. The van der Waals surface area contributed by atoms with E-state index < -0.39 is 11.8 Å². The summed E-state index contributed by atoms with van der Waals surface area (Å²) in [6.07, 6.45) is 0.809. The van der Waals surface area contributed by atoms with E-state index in [1.807, 2.05) is 30.3 Å². The fourth-order valence-corrected chi connectivity index (χ4v) is 1.40. The summed E-state index contributed by atoms with van der Waals surface area (Å²) in [5.74, 6) is -1.27. The lowest BCUT2D eigenvalue weighted by molar-refractivity contribution is -0.129. The summed E-state index contributed by atoms with van der Waals surface area (Å²) in [7, 11) is 0. The van der Waals surface area contributed by atoms with Crippen molar-refractivity contribution in [1.29, 1.82) is 0 Å². The van der Waals surface area contributed by atoms with Crippen LogP contribution in [0, 0.1) is 0 Å². The third kappa shape index (κ3) is 6.82. The van der Waals surface area contributed by atoms with E-state index in [4.69, 9.17) is 5.73 Å². The Hall–Kier alpha value is -2.37. The number of carbonyl (C=O) groups is 3. The molecule has 1 rings (SSSR count). The third-order valence-electron chi connectivity index (χ3n) is 2.42. The van der Waals surface area contributed by atoms with Gasteiger partial charge in [-0.3, -0.25) is 25.2 Å². The third-order valence-corrected chi connectivity index (χ3v) is 2.42. The van der Waals surface area contributed by atoms with Crippen molar-refractivity contribution in [3.63, 3.8) is 0 Å². The number of hydrogen-bond donors (Lipinski definition) is 3. The van der Waals surface area contributed by atoms with Crippen molar-refractivity contribution in [3.8, 4) is 0 Å². The zero-order valence-electron chi connectivity index (χ0n) is 10.5. The van der Waals surface area contributed by atoms with Gasteiger partial charge in [-0.2, -0.15) is 0 Å². The van der Waals surface area contributed by atoms with Crippen LogP contribution in [0.1, 0.15) is 24.8 Å². The van der Waals surface area contributed by atoms with E-state index in [0.717, 1.165) is 5.56 Å². The topological polar surface area (TPSA) is 101 Å². The van der Waals surface area contributed by atoms with Crippen molar-refractivity contribution in [3.05, 3.63) is 35.9 Å². The van der Waals surface area contributed by atoms with E-state index >= 15 is 0 Å². The molecule has 0 fully saturated rings. The van der Waals surface area contributed by atoms with Crippen LogP contribution in [0.2, 0.25) is 0 Å². The molecule has 19 heavy (non-hydrogen) atoms. The quantitative estimate of drug-likeness (QED) is 0.631. The number of nitrogens with two attached hydrogens (primary N) is 1. The van der Waals surface area contributed by atoms with E-state index in [9.17, 15) is 14.4 Å². The molecule has 0 atom stereocenters. The SMILES string of the molecule is NC(=O)CCC(=O)NNC(=O)CCc1ccccc1. The lowest BCUT2D eigenvalue weighted by atomic mass is 10.1. The largest absolute Gasteiger partial charge is 0.370 e. The molecular formula is C13H17N3O3. The molecule has 3 amide bonds. The zero-order chi connectivity index (χ0) is 14.1. The van der Waals surface area contributed by atoms with Crippen molar-refractivity contribution in [2.45, 2.75) is 25.7 Å². The van der Waals surface area contributed by atoms with Crippen LogP contribution in [0.15, 0.2) is 30.3 Å². The summed E-state index contributed by atoms with van der Waals surface area (Å²) >= 11 is 0. The molecule has 0 heterocycles. The highest BCUT2D eigenvalue weighted by Gasteiger charge is 2.06. The van der Waals surface area contributed by atoms with Crippen molar-refractivity contribution < 1.29 is 14.4 Å². The molecule has 0 bridgehead atoms. The molecule has 0 radical (unpaired) electrons. The molecule has 1 aromatic carbocycles. The standard InChI is InChI=1S/C13H17N3O3/c14-11(17)7-9-13(19)16-15-12(18)8-6-10-4-2-1-3-5-10/h1-5H,6-9H2,(H2,14,17)(H,15,18)(H,16,19). The van der Waals surface area contributed by atoms with Crippen molar-refractivity contribution >= 4 is 17.7 Å².